The van der Waals surface area contributed by atoms with Gasteiger partial charge in [-0.15, -0.1) is 11.3 Å². The van der Waals surface area contributed by atoms with E-state index < -0.39 is 5.97 Å². The lowest BCUT2D eigenvalue weighted by molar-refractivity contribution is 0.0701. The van der Waals surface area contributed by atoms with E-state index >= 15 is 0 Å². The standard InChI is InChI=1S/C16H19NO3S/c1-10-6-4-7-11(2)14(10)20-9-5-8-13-17-12(3)15(21-13)16(18)19/h4,6-7H,5,8-9H2,1-3H3,(H,18,19). The summed E-state index contributed by atoms with van der Waals surface area (Å²) in [6.07, 6.45) is 1.56. The van der Waals surface area contributed by atoms with Crippen molar-refractivity contribution in [3.8, 4) is 5.75 Å². The maximum absolute atomic E-state index is 11.0. The van der Waals surface area contributed by atoms with Crippen LogP contribution in [0.4, 0.5) is 0 Å². The lowest BCUT2D eigenvalue weighted by Gasteiger charge is -2.11. The van der Waals surface area contributed by atoms with Gasteiger partial charge in [-0.2, -0.15) is 0 Å². The van der Waals surface area contributed by atoms with Crippen molar-refractivity contribution in [1.82, 2.24) is 4.98 Å². The van der Waals surface area contributed by atoms with Crippen LogP contribution in [-0.2, 0) is 6.42 Å². The van der Waals surface area contributed by atoms with Crippen molar-refractivity contribution in [3.63, 3.8) is 0 Å². The van der Waals surface area contributed by atoms with Crippen LogP contribution in [0.5, 0.6) is 5.75 Å². The normalized spacial score (nSPS) is 10.6. The molecule has 0 fully saturated rings. The zero-order valence-electron chi connectivity index (χ0n) is 12.5. The minimum Gasteiger partial charge on any atom is -0.493 e. The van der Waals surface area contributed by atoms with Crippen molar-refractivity contribution in [2.45, 2.75) is 33.6 Å². The molecular weight excluding hydrogens is 286 g/mol. The van der Waals surface area contributed by atoms with Gasteiger partial charge in [0.15, 0.2) is 0 Å². The highest BCUT2D eigenvalue weighted by atomic mass is 32.1. The summed E-state index contributed by atoms with van der Waals surface area (Å²) in [6.45, 7) is 6.40. The fourth-order valence-electron chi connectivity index (χ4n) is 2.18. The molecule has 0 unspecified atom stereocenters. The smallest absolute Gasteiger partial charge is 0.347 e. The molecule has 0 amide bonds. The summed E-state index contributed by atoms with van der Waals surface area (Å²) in [6, 6.07) is 6.08. The van der Waals surface area contributed by atoms with Crippen molar-refractivity contribution in [2.75, 3.05) is 6.61 Å². The first kappa shape index (κ1) is 15.5. The molecule has 0 saturated heterocycles. The number of rotatable bonds is 6. The highest BCUT2D eigenvalue weighted by Crippen LogP contribution is 2.23. The molecule has 1 N–H and O–H groups in total. The van der Waals surface area contributed by atoms with Crippen molar-refractivity contribution < 1.29 is 14.6 Å². The monoisotopic (exact) mass is 305 g/mol. The number of aromatic carboxylic acids is 1. The molecule has 1 aromatic heterocycles. The number of carboxylic acids is 1. The molecule has 5 heteroatoms. The number of thiazole rings is 1. The van der Waals surface area contributed by atoms with Gasteiger partial charge >= 0.3 is 5.97 Å². The van der Waals surface area contributed by atoms with Crippen LogP contribution in [0.15, 0.2) is 18.2 Å². The topological polar surface area (TPSA) is 59.4 Å². The average Bonchev–Trinajstić information content (AvgIpc) is 2.79. The quantitative estimate of drug-likeness (QED) is 0.825. The first-order valence-electron chi connectivity index (χ1n) is 6.87. The molecule has 0 bridgehead atoms. The van der Waals surface area contributed by atoms with Crippen LogP contribution in [0.25, 0.3) is 0 Å². The van der Waals surface area contributed by atoms with Crippen LogP contribution in [0, 0.1) is 20.8 Å². The van der Waals surface area contributed by atoms with Gasteiger partial charge in [0.1, 0.15) is 10.6 Å². The molecule has 0 aliphatic rings. The zero-order chi connectivity index (χ0) is 15.4. The Hall–Kier alpha value is -1.88. The van der Waals surface area contributed by atoms with E-state index in [1.807, 2.05) is 32.0 Å². The number of aromatic nitrogens is 1. The molecule has 2 aromatic rings. The second-order valence-electron chi connectivity index (χ2n) is 5.00. The van der Waals surface area contributed by atoms with Crippen LogP contribution in [0.3, 0.4) is 0 Å². The highest BCUT2D eigenvalue weighted by Gasteiger charge is 2.13. The van der Waals surface area contributed by atoms with Gasteiger partial charge < -0.3 is 9.84 Å². The molecule has 2 rings (SSSR count). The van der Waals surface area contributed by atoms with E-state index in [2.05, 4.69) is 4.98 Å². The SMILES string of the molecule is Cc1cccc(C)c1OCCCc1nc(C)c(C(=O)O)s1. The number of nitrogens with zero attached hydrogens (tertiary/aromatic N) is 1. The number of ether oxygens (including phenoxy) is 1. The van der Waals surface area contributed by atoms with Crippen molar-refractivity contribution in [3.05, 3.63) is 44.9 Å². The summed E-state index contributed by atoms with van der Waals surface area (Å²) < 4.78 is 5.83. The summed E-state index contributed by atoms with van der Waals surface area (Å²) in [5.74, 6) is 0.0436. The van der Waals surface area contributed by atoms with Crippen molar-refractivity contribution >= 4 is 17.3 Å². The summed E-state index contributed by atoms with van der Waals surface area (Å²) >= 11 is 1.25. The summed E-state index contributed by atoms with van der Waals surface area (Å²) in [7, 11) is 0. The Balaban J connectivity index is 1.88. The van der Waals surface area contributed by atoms with Crippen LogP contribution < -0.4 is 4.74 Å². The largest absolute Gasteiger partial charge is 0.493 e. The lowest BCUT2D eigenvalue weighted by atomic mass is 10.1. The van der Waals surface area contributed by atoms with Gasteiger partial charge in [-0.05, 0) is 38.3 Å². The second-order valence-corrected chi connectivity index (χ2v) is 6.08. The Morgan fingerprint density at radius 3 is 2.52 bits per heavy atom. The van der Waals surface area contributed by atoms with E-state index in [0.29, 0.717) is 17.2 Å². The number of carbonyl (C=O) groups is 1. The van der Waals surface area contributed by atoms with E-state index in [9.17, 15) is 4.79 Å². The first-order valence-corrected chi connectivity index (χ1v) is 7.69. The summed E-state index contributed by atoms with van der Waals surface area (Å²) in [5, 5.41) is 9.86. The van der Waals surface area contributed by atoms with Crippen LogP contribution in [0.1, 0.15) is 37.9 Å². The highest BCUT2D eigenvalue weighted by molar-refractivity contribution is 7.13. The number of para-hydroxylation sites is 1. The summed E-state index contributed by atoms with van der Waals surface area (Å²) in [5.41, 5.74) is 2.86. The molecule has 0 aliphatic carbocycles. The maximum Gasteiger partial charge on any atom is 0.347 e. The third-order valence-corrected chi connectivity index (χ3v) is 4.43. The zero-order valence-corrected chi connectivity index (χ0v) is 13.3. The number of hydrogen-bond acceptors (Lipinski definition) is 4. The number of hydrogen-bond donors (Lipinski definition) is 1. The molecule has 0 atom stereocenters. The Bertz CT molecular complexity index is 629. The minimum atomic E-state index is -0.900. The van der Waals surface area contributed by atoms with Gasteiger partial charge in [0.25, 0.3) is 0 Å². The minimum absolute atomic E-state index is 0.334. The molecule has 1 heterocycles. The fraction of sp³-hybridized carbons (Fsp3) is 0.375. The predicted molar refractivity (Wildman–Crippen MR) is 83.5 cm³/mol. The fourth-order valence-corrected chi connectivity index (χ4v) is 3.13. The van der Waals surface area contributed by atoms with Crippen molar-refractivity contribution in [2.24, 2.45) is 0 Å². The number of aryl methyl sites for hydroxylation is 4. The molecule has 21 heavy (non-hydrogen) atoms. The third-order valence-electron chi connectivity index (χ3n) is 3.23. The van der Waals surface area contributed by atoms with Crippen molar-refractivity contribution in [1.29, 1.82) is 0 Å². The van der Waals surface area contributed by atoms with E-state index in [1.165, 1.54) is 11.3 Å². The molecular formula is C16H19NO3S. The van der Waals surface area contributed by atoms with Gasteiger partial charge in [-0.3, -0.25) is 0 Å². The molecule has 4 nitrogen and oxygen atoms in total. The second kappa shape index (κ2) is 6.72. The molecule has 0 spiro atoms. The average molecular weight is 305 g/mol. The molecule has 0 radical (unpaired) electrons. The van der Waals surface area contributed by atoms with Crippen LogP contribution in [-0.4, -0.2) is 22.7 Å². The van der Waals surface area contributed by atoms with E-state index in [0.717, 1.165) is 34.7 Å². The Labute approximate surface area is 128 Å². The predicted octanol–water partition coefficient (Wildman–Crippen LogP) is 3.78. The van der Waals surface area contributed by atoms with Gasteiger partial charge in [-0.1, -0.05) is 18.2 Å². The molecule has 0 saturated carbocycles. The first-order chi connectivity index (χ1) is 9.99. The van der Waals surface area contributed by atoms with Gasteiger partial charge in [0, 0.05) is 6.42 Å². The maximum atomic E-state index is 11.0. The Morgan fingerprint density at radius 2 is 1.95 bits per heavy atom. The third kappa shape index (κ3) is 3.82. The van der Waals surface area contributed by atoms with Crippen LogP contribution >= 0.6 is 11.3 Å². The van der Waals surface area contributed by atoms with Gasteiger partial charge in [0.2, 0.25) is 0 Å². The van der Waals surface area contributed by atoms with E-state index in [1.54, 1.807) is 6.92 Å². The lowest BCUT2D eigenvalue weighted by Crippen LogP contribution is -2.02. The Morgan fingerprint density at radius 1 is 1.29 bits per heavy atom. The summed E-state index contributed by atoms with van der Waals surface area (Å²) in [4.78, 5) is 15.6. The van der Waals surface area contributed by atoms with E-state index in [4.69, 9.17) is 9.84 Å². The van der Waals surface area contributed by atoms with Gasteiger partial charge in [0.05, 0.1) is 17.3 Å². The van der Waals surface area contributed by atoms with Crippen LogP contribution in [0.2, 0.25) is 0 Å². The number of benzene rings is 1. The molecule has 0 aliphatic heterocycles. The van der Waals surface area contributed by atoms with E-state index in [-0.39, 0.29) is 0 Å². The van der Waals surface area contributed by atoms with Gasteiger partial charge in [-0.25, -0.2) is 9.78 Å². The molecule has 112 valence electrons. The molecule has 1 aromatic carbocycles. The Kier molecular flexibility index (Phi) is 4.96. The number of carboxylic acid groups (broad SMARTS) is 1.